The number of para-hydroxylation sites is 1. The summed E-state index contributed by atoms with van der Waals surface area (Å²) in [5.41, 5.74) is 2.76. The van der Waals surface area contributed by atoms with Gasteiger partial charge in [0, 0.05) is 11.0 Å². The molecule has 0 spiro atoms. The zero-order valence-corrected chi connectivity index (χ0v) is 14.7. The summed E-state index contributed by atoms with van der Waals surface area (Å²) in [4.78, 5) is 23.8. The molecule has 2 N–H and O–H groups in total. The predicted octanol–water partition coefficient (Wildman–Crippen LogP) is 3.83. The quantitative estimate of drug-likeness (QED) is 0.798. The van der Waals surface area contributed by atoms with E-state index in [-0.39, 0.29) is 0 Å². The molecule has 0 bridgehead atoms. The molecule has 0 unspecified atom stereocenters. The minimum atomic E-state index is -0.685. The predicted molar refractivity (Wildman–Crippen MR) is 95.1 cm³/mol. The molecule has 2 aromatic rings. The van der Waals surface area contributed by atoms with Gasteiger partial charge in [0.05, 0.1) is 5.69 Å². The van der Waals surface area contributed by atoms with Crippen molar-refractivity contribution in [2.24, 2.45) is 0 Å². The fraction of sp³-hybridized carbons (Fsp3) is 0.222. The fourth-order valence-electron chi connectivity index (χ4n) is 2.02. The van der Waals surface area contributed by atoms with Gasteiger partial charge in [-0.15, -0.1) is 0 Å². The summed E-state index contributed by atoms with van der Waals surface area (Å²) >= 11 is 3.32. The Bertz CT molecular complexity index is 696. The molecule has 0 aliphatic rings. The summed E-state index contributed by atoms with van der Waals surface area (Å²) in [6.07, 6.45) is 0. The summed E-state index contributed by atoms with van der Waals surface area (Å²) in [6.45, 7) is 4.58. The molecule has 2 amide bonds. The monoisotopic (exact) mass is 374 g/mol. The van der Waals surface area contributed by atoms with Crippen molar-refractivity contribution in [1.82, 2.24) is 5.32 Å². The number of carbonyl (C=O) groups is 2. The highest BCUT2D eigenvalue weighted by Crippen LogP contribution is 2.21. The Morgan fingerprint density at radius 2 is 1.65 bits per heavy atom. The molecule has 0 heterocycles. The van der Waals surface area contributed by atoms with Crippen LogP contribution >= 0.6 is 15.9 Å². The standard InChI is InChI=1S/C18H19BrN2O2/c1-12(2)14-9-7-13(8-10-14)11-20-17(22)18(23)21-16-6-4-3-5-15(16)19/h3-10,12H,11H2,1-2H3,(H,20,22)(H,21,23). The lowest BCUT2D eigenvalue weighted by Crippen LogP contribution is -2.35. The van der Waals surface area contributed by atoms with Crippen molar-refractivity contribution in [1.29, 1.82) is 0 Å². The van der Waals surface area contributed by atoms with Crippen molar-refractivity contribution in [3.8, 4) is 0 Å². The summed E-state index contributed by atoms with van der Waals surface area (Å²) in [5, 5.41) is 5.19. The average molecular weight is 375 g/mol. The van der Waals surface area contributed by atoms with Gasteiger partial charge in [-0.1, -0.05) is 50.2 Å². The molecule has 0 saturated carbocycles. The van der Waals surface area contributed by atoms with Gasteiger partial charge >= 0.3 is 11.8 Å². The van der Waals surface area contributed by atoms with Crippen LogP contribution in [0.3, 0.4) is 0 Å². The Morgan fingerprint density at radius 3 is 2.26 bits per heavy atom. The number of halogens is 1. The minimum absolute atomic E-state index is 0.320. The van der Waals surface area contributed by atoms with E-state index in [1.165, 1.54) is 5.56 Å². The first kappa shape index (κ1) is 17.2. The van der Waals surface area contributed by atoms with Crippen molar-refractivity contribution in [2.45, 2.75) is 26.3 Å². The van der Waals surface area contributed by atoms with Crippen molar-refractivity contribution in [3.05, 3.63) is 64.1 Å². The molecule has 0 aliphatic heterocycles. The molecule has 0 radical (unpaired) electrons. The van der Waals surface area contributed by atoms with Gasteiger partial charge in [0.25, 0.3) is 0 Å². The third-order valence-electron chi connectivity index (χ3n) is 3.43. The Kier molecular flexibility index (Phi) is 5.93. The number of hydrogen-bond donors (Lipinski definition) is 2. The topological polar surface area (TPSA) is 58.2 Å². The van der Waals surface area contributed by atoms with Crippen LogP contribution in [-0.4, -0.2) is 11.8 Å². The lowest BCUT2D eigenvalue weighted by Gasteiger charge is -2.09. The van der Waals surface area contributed by atoms with E-state index < -0.39 is 11.8 Å². The summed E-state index contributed by atoms with van der Waals surface area (Å²) in [6, 6.07) is 15.1. The Balaban J connectivity index is 1.89. The first-order chi connectivity index (χ1) is 11.0. The van der Waals surface area contributed by atoms with E-state index in [0.717, 1.165) is 10.0 Å². The van der Waals surface area contributed by atoms with E-state index in [1.54, 1.807) is 18.2 Å². The van der Waals surface area contributed by atoms with E-state index in [1.807, 2.05) is 30.3 Å². The summed E-state index contributed by atoms with van der Waals surface area (Å²) in [5.74, 6) is -0.877. The Labute approximate surface area is 144 Å². The van der Waals surface area contributed by atoms with E-state index in [4.69, 9.17) is 0 Å². The van der Waals surface area contributed by atoms with Gasteiger partial charge in [-0.2, -0.15) is 0 Å². The maximum atomic E-state index is 11.9. The highest BCUT2D eigenvalue weighted by molar-refractivity contribution is 9.10. The van der Waals surface area contributed by atoms with Crippen molar-refractivity contribution < 1.29 is 9.59 Å². The van der Waals surface area contributed by atoms with Gasteiger partial charge in [-0.3, -0.25) is 9.59 Å². The smallest absolute Gasteiger partial charge is 0.313 e. The molecule has 2 aromatic carbocycles. The highest BCUT2D eigenvalue weighted by atomic mass is 79.9. The lowest BCUT2D eigenvalue weighted by atomic mass is 10.0. The second kappa shape index (κ2) is 7.92. The number of rotatable bonds is 4. The molecule has 0 atom stereocenters. The molecule has 0 aromatic heterocycles. The molecular weight excluding hydrogens is 356 g/mol. The first-order valence-corrected chi connectivity index (χ1v) is 8.19. The van der Waals surface area contributed by atoms with Crippen LogP contribution in [0, 0.1) is 0 Å². The molecule has 120 valence electrons. The molecule has 0 saturated heterocycles. The largest absolute Gasteiger partial charge is 0.344 e. The second-order valence-corrected chi connectivity index (χ2v) is 6.37. The zero-order valence-electron chi connectivity index (χ0n) is 13.1. The lowest BCUT2D eigenvalue weighted by molar-refractivity contribution is -0.136. The van der Waals surface area contributed by atoms with Crippen LogP contribution in [0.4, 0.5) is 5.69 Å². The maximum Gasteiger partial charge on any atom is 0.313 e. The van der Waals surface area contributed by atoms with E-state index >= 15 is 0 Å². The van der Waals surface area contributed by atoms with Gasteiger partial charge in [0.15, 0.2) is 0 Å². The van der Waals surface area contributed by atoms with E-state index in [0.29, 0.717) is 18.2 Å². The van der Waals surface area contributed by atoms with Gasteiger partial charge in [-0.25, -0.2) is 0 Å². The Morgan fingerprint density at radius 1 is 1.00 bits per heavy atom. The number of hydrogen-bond acceptors (Lipinski definition) is 2. The van der Waals surface area contributed by atoms with E-state index in [9.17, 15) is 9.59 Å². The fourth-order valence-corrected chi connectivity index (χ4v) is 2.41. The van der Waals surface area contributed by atoms with Crippen LogP contribution < -0.4 is 10.6 Å². The van der Waals surface area contributed by atoms with Gasteiger partial charge in [0.1, 0.15) is 0 Å². The van der Waals surface area contributed by atoms with Crippen LogP contribution in [0.15, 0.2) is 53.0 Å². The molecule has 0 aliphatic carbocycles. The number of carbonyl (C=O) groups excluding carboxylic acids is 2. The van der Waals surface area contributed by atoms with Gasteiger partial charge in [-0.05, 0) is 45.1 Å². The van der Waals surface area contributed by atoms with E-state index in [2.05, 4.69) is 40.4 Å². The molecule has 2 rings (SSSR count). The third kappa shape index (κ3) is 4.93. The normalized spacial score (nSPS) is 10.4. The second-order valence-electron chi connectivity index (χ2n) is 5.51. The minimum Gasteiger partial charge on any atom is -0.344 e. The number of anilines is 1. The molecule has 0 fully saturated rings. The van der Waals surface area contributed by atoms with Gasteiger partial charge < -0.3 is 10.6 Å². The maximum absolute atomic E-state index is 11.9. The highest BCUT2D eigenvalue weighted by Gasteiger charge is 2.14. The SMILES string of the molecule is CC(C)c1ccc(CNC(=O)C(=O)Nc2ccccc2Br)cc1. The van der Waals surface area contributed by atoms with Crippen molar-refractivity contribution in [3.63, 3.8) is 0 Å². The number of benzene rings is 2. The average Bonchev–Trinajstić information content (AvgIpc) is 2.55. The molecular formula is C18H19BrN2O2. The van der Waals surface area contributed by atoms with Crippen LogP contribution in [0.25, 0.3) is 0 Å². The molecule has 5 heteroatoms. The van der Waals surface area contributed by atoms with Crippen LogP contribution in [0.5, 0.6) is 0 Å². The number of nitrogens with one attached hydrogen (secondary N) is 2. The summed E-state index contributed by atoms with van der Waals surface area (Å²) < 4.78 is 0.727. The number of amides is 2. The van der Waals surface area contributed by atoms with Gasteiger partial charge in [0.2, 0.25) is 0 Å². The molecule has 4 nitrogen and oxygen atoms in total. The van der Waals surface area contributed by atoms with Crippen LogP contribution in [-0.2, 0) is 16.1 Å². The van der Waals surface area contributed by atoms with Crippen molar-refractivity contribution >= 4 is 33.4 Å². The first-order valence-electron chi connectivity index (χ1n) is 7.40. The molecule has 23 heavy (non-hydrogen) atoms. The zero-order chi connectivity index (χ0) is 16.8. The summed E-state index contributed by atoms with van der Waals surface area (Å²) in [7, 11) is 0. The Hall–Kier alpha value is -2.14. The third-order valence-corrected chi connectivity index (χ3v) is 4.12. The van der Waals surface area contributed by atoms with Crippen LogP contribution in [0.2, 0.25) is 0 Å². The van der Waals surface area contributed by atoms with Crippen LogP contribution in [0.1, 0.15) is 30.9 Å². The van der Waals surface area contributed by atoms with Crippen molar-refractivity contribution in [2.75, 3.05) is 5.32 Å².